The number of esters is 1. The van der Waals surface area contributed by atoms with Crippen LogP contribution >= 0.6 is 15.9 Å². The minimum Gasteiger partial charge on any atom is -0.466 e. The molecule has 29 heavy (non-hydrogen) atoms. The minimum atomic E-state index is -3.72. The number of carbonyl (C=O) groups excluding carboxylic acids is 1. The zero-order valence-electron chi connectivity index (χ0n) is 16.8. The second-order valence-electron chi connectivity index (χ2n) is 6.78. The lowest BCUT2D eigenvalue weighted by atomic mass is 10.1. The number of hydrogen-bond acceptors (Lipinski definition) is 4. The highest BCUT2D eigenvalue weighted by Gasteiger charge is 2.30. The summed E-state index contributed by atoms with van der Waals surface area (Å²) in [6.07, 6.45) is 3.34. The van der Waals surface area contributed by atoms with Gasteiger partial charge in [0.15, 0.2) is 0 Å². The fourth-order valence-corrected chi connectivity index (χ4v) is 5.30. The number of sulfonamides is 1. The van der Waals surface area contributed by atoms with E-state index >= 15 is 0 Å². The molecule has 0 N–H and O–H groups in total. The number of nitrogens with zero attached hydrogens (tertiary/aromatic N) is 1. The maximum absolute atomic E-state index is 13.4. The lowest BCUT2D eigenvalue weighted by Gasteiger charge is -2.30. The topological polar surface area (TPSA) is 63.7 Å². The number of alkyl halides is 1. The van der Waals surface area contributed by atoms with E-state index in [1.807, 2.05) is 44.2 Å². The van der Waals surface area contributed by atoms with E-state index in [1.165, 1.54) is 17.5 Å². The van der Waals surface area contributed by atoms with Gasteiger partial charge in [-0.25, -0.2) is 13.2 Å². The molecule has 0 heterocycles. The van der Waals surface area contributed by atoms with Crippen molar-refractivity contribution >= 4 is 31.9 Å². The van der Waals surface area contributed by atoms with E-state index in [4.69, 9.17) is 0 Å². The SMILES string of the molecule is COC(=O)/C=C/C[C@H](C)N(CC(Br)c1ccccc1)S(=O)(=O)c1ccc(C)cc1. The van der Waals surface area contributed by atoms with Gasteiger partial charge in [0.1, 0.15) is 0 Å². The Labute approximate surface area is 181 Å². The van der Waals surface area contributed by atoms with Crippen molar-refractivity contribution in [2.45, 2.75) is 36.0 Å². The first-order valence-corrected chi connectivity index (χ1v) is 11.6. The molecule has 0 fully saturated rings. The molecule has 0 saturated carbocycles. The highest BCUT2D eigenvalue weighted by atomic mass is 79.9. The molecule has 0 spiro atoms. The highest BCUT2D eigenvalue weighted by molar-refractivity contribution is 9.09. The molecule has 0 amide bonds. The third-order valence-corrected chi connectivity index (χ3v) is 7.37. The van der Waals surface area contributed by atoms with Gasteiger partial charge in [-0.3, -0.25) is 0 Å². The summed E-state index contributed by atoms with van der Waals surface area (Å²) in [4.78, 5) is 11.4. The Balaban J connectivity index is 2.32. The molecule has 2 rings (SSSR count). The molecule has 0 bridgehead atoms. The fraction of sp³-hybridized carbons (Fsp3) is 0.318. The average molecular weight is 480 g/mol. The van der Waals surface area contributed by atoms with Crippen LogP contribution in [0.15, 0.2) is 71.6 Å². The second kappa shape index (κ2) is 10.7. The molecule has 2 aromatic rings. The van der Waals surface area contributed by atoms with Crippen LogP contribution < -0.4 is 0 Å². The minimum absolute atomic E-state index is 0.170. The number of ether oxygens (including phenoxy) is 1. The molecule has 5 nitrogen and oxygen atoms in total. The van der Waals surface area contributed by atoms with E-state index in [0.717, 1.165) is 11.1 Å². The maximum Gasteiger partial charge on any atom is 0.330 e. The van der Waals surface area contributed by atoms with E-state index in [-0.39, 0.29) is 22.3 Å². The van der Waals surface area contributed by atoms with Crippen molar-refractivity contribution < 1.29 is 17.9 Å². The summed E-state index contributed by atoms with van der Waals surface area (Å²) in [6, 6.07) is 16.1. The third-order valence-electron chi connectivity index (χ3n) is 4.55. The fourth-order valence-electron chi connectivity index (χ4n) is 2.83. The molecular weight excluding hydrogens is 454 g/mol. The van der Waals surface area contributed by atoms with Gasteiger partial charge in [-0.1, -0.05) is 70.0 Å². The van der Waals surface area contributed by atoms with E-state index in [2.05, 4.69) is 20.7 Å². The van der Waals surface area contributed by atoms with Gasteiger partial charge in [0, 0.05) is 18.7 Å². The average Bonchev–Trinajstić information content (AvgIpc) is 2.72. The van der Waals surface area contributed by atoms with Gasteiger partial charge >= 0.3 is 5.97 Å². The molecule has 0 aliphatic rings. The zero-order valence-corrected chi connectivity index (χ0v) is 19.2. The molecular formula is C22H26BrNO4S. The van der Waals surface area contributed by atoms with E-state index in [9.17, 15) is 13.2 Å². The third kappa shape index (κ3) is 6.52. The van der Waals surface area contributed by atoms with Crippen LogP contribution in [0.5, 0.6) is 0 Å². The Morgan fingerprint density at radius 1 is 1.14 bits per heavy atom. The van der Waals surface area contributed by atoms with Crippen LogP contribution in [0.2, 0.25) is 0 Å². The molecule has 7 heteroatoms. The van der Waals surface area contributed by atoms with Crippen molar-refractivity contribution in [2.24, 2.45) is 0 Å². The van der Waals surface area contributed by atoms with Crippen molar-refractivity contribution in [1.29, 1.82) is 0 Å². The number of carbonyl (C=O) groups is 1. The van der Waals surface area contributed by atoms with Crippen LogP contribution in [0.3, 0.4) is 0 Å². The lowest BCUT2D eigenvalue weighted by Crippen LogP contribution is -2.40. The number of methoxy groups -OCH3 is 1. The Bertz CT molecular complexity index is 927. The van der Waals surface area contributed by atoms with E-state index < -0.39 is 16.0 Å². The highest BCUT2D eigenvalue weighted by Crippen LogP contribution is 2.29. The maximum atomic E-state index is 13.4. The quantitative estimate of drug-likeness (QED) is 0.298. The predicted octanol–water partition coefficient (Wildman–Crippen LogP) is 4.63. The van der Waals surface area contributed by atoms with Crippen LogP contribution in [0.1, 0.15) is 29.3 Å². The summed E-state index contributed by atoms with van der Waals surface area (Å²) >= 11 is 3.64. The van der Waals surface area contributed by atoms with E-state index in [0.29, 0.717) is 6.42 Å². The van der Waals surface area contributed by atoms with Gasteiger partial charge in [0.2, 0.25) is 10.0 Å². The van der Waals surface area contributed by atoms with Crippen molar-refractivity contribution in [2.75, 3.05) is 13.7 Å². The Kier molecular flexibility index (Phi) is 8.61. The van der Waals surface area contributed by atoms with Crippen LogP contribution in [0.25, 0.3) is 0 Å². The molecule has 156 valence electrons. The molecule has 2 atom stereocenters. The summed E-state index contributed by atoms with van der Waals surface area (Å²) in [5.41, 5.74) is 1.99. The molecule has 0 saturated heterocycles. The van der Waals surface area contributed by atoms with Crippen molar-refractivity contribution in [3.8, 4) is 0 Å². The monoisotopic (exact) mass is 479 g/mol. The first kappa shape index (κ1) is 23.3. The Morgan fingerprint density at radius 3 is 2.34 bits per heavy atom. The van der Waals surface area contributed by atoms with Gasteiger partial charge in [0.25, 0.3) is 0 Å². The summed E-state index contributed by atoms with van der Waals surface area (Å²) < 4.78 is 32.9. The molecule has 0 aromatic heterocycles. The van der Waals surface area contributed by atoms with Crippen LogP contribution in [0, 0.1) is 6.92 Å². The summed E-state index contributed by atoms with van der Waals surface area (Å²) in [6.45, 7) is 4.00. The summed E-state index contributed by atoms with van der Waals surface area (Å²) in [5, 5.41) is 0. The number of rotatable bonds is 9. The predicted molar refractivity (Wildman–Crippen MR) is 118 cm³/mol. The molecule has 2 aromatic carbocycles. The van der Waals surface area contributed by atoms with Gasteiger partial charge in [0.05, 0.1) is 16.8 Å². The van der Waals surface area contributed by atoms with Crippen LogP contribution in [-0.4, -0.2) is 38.4 Å². The van der Waals surface area contributed by atoms with Crippen molar-refractivity contribution in [3.05, 3.63) is 77.9 Å². The van der Waals surface area contributed by atoms with Gasteiger partial charge in [-0.15, -0.1) is 0 Å². The summed E-state index contributed by atoms with van der Waals surface area (Å²) in [7, 11) is -2.42. The number of halogens is 1. The van der Waals surface area contributed by atoms with Crippen LogP contribution in [0.4, 0.5) is 0 Å². The van der Waals surface area contributed by atoms with Crippen molar-refractivity contribution in [3.63, 3.8) is 0 Å². The first-order valence-electron chi connectivity index (χ1n) is 9.27. The Hall–Kier alpha value is -1.96. The number of aryl methyl sites for hydroxylation is 1. The lowest BCUT2D eigenvalue weighted by molar-refractivity contribution is -0.134. The molecule has 0 aliphatic heterocycles. The van der Waals surface area contributed by atoms with Crippen molar-refractivity contribution in [1.82, 2.24) is 4.31 Å². The number of hydrogen-bond donors (Lipinski definition) is 0. The molecule has 0 radical (unpaired) electrons. The van der Waals surface area contributed by atoms with Crippen LogP contribution in [-0.2, 0) is 19.6 Å². The smallest absolute Gasteiger partial charge is 0.330 e. The molecule has 1 unspecified atom stereocenters. The van der Waals surface area contributed by atoms with Gasteiger partial charge in [-0.05, 0) is 38.0 Å². The second-order valence-corrected chi connectivity index (χ2v) is 9.77. The van der Waals surface area contributed by atoms with E-state index in [1.54, 1.807) is 30.3 Å². The molecule has 0 aliphatic carbocycles. The zero-order chi connectivity index (χ0) is 21.4. The van der Waals surface area contributed by atoms with Gasteiger partial charge < -0.3 is 4.74 Å². The first-order chi connectivity index (χ1) is 13.8. The summed E-state index contributed by atoms with van der Waals surface area (Å²) in [5.74, 6) is -0.465. The standard InChI is InChI=1S/C22H26BrNO4S/c1-17-12-14-20(15-13-17)29(26,27)24(18(2)8-7-11-22(25)28-3)16-21(23)19-9-5-4-6-10-19/h4-7,9-15,18,21H,8,16H2,1-3H3/b11-7+/t18-,21?/m0/s1. The Morgan fingerprint density at radius 2 is 1.76 bits per heavy atom. The normalized spacial score (nSPS) is 14.1. The largest absolute Gasteiger partial charge is 0.466 e. The van der Waals surface area contributed by atoms with Gasteiger partial charge in [-0.2, -0.15) is 4.31 Å². The number of benzene rings is 2.